The lowest BCUT2D eigenvalue weighted by Crippen LogP contribution is -2.40. The fourth-order valence-electron chi connectivity index (χ4n) is 2.07. The largest absolute Gasteiger partial charge is 0.313 e. The van der Waals surface area contributed by atoms with Gasteiger partial charge in [-0.3, -0.25) is 0 Å². The summed E-state index contributed by atoms with van der Waals surface area (Å²) in [4.78, 5) is 0. The van der Waals surface area contributed by atoms with E-state index in [1.807, 2.05) is 0 Å². The molecule has 2 unspecified atom stereocenters. The Morgan fingerprint density at radius 1 is 1.23 bits per heavy atom. The van der Waals surface area contributed by atoms with E-state index < -0.39 is 0 Å². The van der Waals surface area contributed by atoms with E-state index in [1.54, 1.807) is 0 Å². The Hall–Kier alpha value is 0.310. The Bertz CT molecular complexity index is 125. The van der Waals surface area contributed by atoms with Crippen LogP contribution in [0, 0.1) is 0 Å². The lowest BCUT2D eigenvalue weighted by molar-refractivity contribution is 0.385. The van der Waals surface area contributed by atoms with Crippen LogP contribution >= 0.6 is 11.8 Å². The van der Waals surface area contributed by atoms with Gasteiger partial charge in [0.25, 0.3) is 0 Å². The van der Waals surface area contributed by atoms with Crippen molar-refractivity contribution in [1.82, 2.24) is 5.32 Å². The first-order valence-corrected chi connectivity index (χ1v) is 6.78. The van der Waals surface area contributed by atoms with Crippen LogP contribution in [0.5, 0.6) is 0 Å². The number of thioether (sulfide) groups is 1. The molecule has 2 atom stereocenters. The van der Waals surface area contributed by atoms with Crippen molar-refractivity contribution >= 4 is 11.8 Å². The molecule has 1 aliphatic carbocycles. The standard InChI is InChI=1S/C11H23NS/c1-3-9-12-10-7-5-6-8-11(10)13-4-2/h10-12H,3-9H2,1-2H3. The van der Waals surface area contributed by atoms with Gasteiger partial charge >= 0.3 is 0 Å². The molecule has 0 aromatic heterocycles. The van der Waals surface area contributed by atoms with Gasteiger partial charge in [-0.05, 0) is 31.6 Å². The molecule has 0 radical (unpaired) electrons. The minimum absolute atomic E-state index is 0.804. The first-order chi connectivity index (χ1) is 6.38. The molecule has 1 rings (SSSR count). The van der Waals surface area contributed by atoms with Crippen molar-refractivity contribution in [3.63, 3.8) is 0 Å². The molecule has 2 heteroatoms. The van der Waals surface area contributed by atoms with E-state index >= 15 is 0 Å². The first kappa shape index (κ1) is 11.4. The first-order valence-electron chi connectivity index (χ1n) is 5.73. The zero-order chi connectivity index (χ0) is 9.52. The fourth-order valence-corrected chi connectivity index (χ4v) is 3.30. The molecular formula is C11H23NS. The third-order valence-electron chi connectivity index (χ3n) is 2.74. The van der Waals surface area contributed by atoms with E-state index in [0.29, 0.717) is 0 Å². The van der Waals surface area contributed by atoms with Crippen LogP contribution in [0.15, 0.2) is 0 Å². The molecule has 0 saturated heterocycles. The summed E-state index contributed by atoms with van der Waals surface area (Å²) in [5.41, 5.74) is 0. The van der Waals surface area contributed by atoms with Crippen LogP contribution in [0.4, 0.5) is 0 Å². The minimum atomic E-state index is 0.804. The number of hydrogen-bond acceptors (Lipinski definition) is 2. The molecule has 0 aromatic rings. The molecule has 0 spiro atoms. The van der Waals surface area contributed by atoms with Crippen molar-refractivity contribution in [2.75, 3.05) is 12.3 Å². The van der Waals surface area contributed by atoms with Gasteiger partial charge in [-0.1, -0.05) is 26.7 Å². The molecule has 1 N–H and O–H groups in total. The topological polar surface area (TPSA) is 12.0 Å². The second-order valence-corrected chi connectivity index (χ2v) is 5.36. The molecule has 0 bridgehead atoms. The Balaban J connectivity index is 2.28. The van der Waals surface area contributed by atoms with E-state index in [1.165, 1.54) is 44.4 Å². The molecule has 0 aromatic carbocycles. The maximum atomic E-state index is 3.69. The summed E-state index contributed by atoms with van der Waals surface area (Å²) in [6.45, 7) is 5.72. The van der Waals surface area contributed by atoms with Crippen molar-refractivity contribution in [2.24, 2.45) is 0 Å². The van der Waals surface area contributed by atoms with E-state index in [0.717, 1.165) is 11.3 Å². The average Bonchev–Trinajstić information content (AvgIpc) is 2.17. The fraction of sp³-hybridized carbons (Fsp3) is 1.00. The normalized spacial score (nSPS) is 29.1. The quantitative estimate of drug-likeness (QED) is 0.734. The van der Waals surface area contributed by atoms with Crippen molar-refractivity contribution in [1.29, 1.82) is 0 Å². The smallest absolute Gasteiger partial charge is 0.0201 e. The summed E-state index contributed by atoms with van der Waals surface area (Å²) in [6, 6.07) is 0.804. The van der Waals surface area contributed by atoms with E-state index in [2.05, 4.69) is 30.9 Å². The second-order valence-electron chi connectivity index (χ2n) is 3.84. The van der Waals surface area contributed by atoms with Crippen molar-refractivity contribution in [3.05, 3.63) is 0 Å². The van der Waals surface area contributed by atoms with Crippen LogP contribution in [0.25, 0.3) is 0 Å². The van der Waals surface area contributed by atoms with Crippen LogP contribution in [0.3, 0.4) is 0 Å². The molecule has 0 aliphatic heterocycles. The Kier molecular flexibility index (Phi) is 5.88. The Morgan fingerprint density at radius 2 is 2.00 bits per heavy atom. The van der Waals surface area contributed by atoms with E-state index in [9.17, 15) is 0 Å². The van der Waals surface area contributed by atoms with Gasteiger partial charge in [0.15, 0.2) is 0 Å². The molecule has 1 nitrogen and oxygen atoms in total. The highest BCUT2D eigenvalue weighted by atomic mass is 32.2. The maximum absolute atomic E-state index is 3.69. The minimum Gasteiger partial charge on any atom is -0.313 e. The predicted molar refractivity (Wildman–Crippen MR) is 62.5 cm³/mol. The summed E-state index contributed by atoms with van der Waals surface area (Å²) < 4.78 is 0. The molecule has 1 aliphatic rings. The summed E-state index contributed by atoms with van der Waals surface area (Å²) >= 11 is 2.15. The average molecular weight is 201 g/mol. The molecule has 1 saturated carbocycles. The van der Waals surface area contributed by atoms with Gasteiger partial charge in [0.1, 0.15) is 0 Å². The van der Waals surface area contributed by atoms with Gasteiger partial charge in [0.05, 0.1) is 0 Å². The van der Waals surface area contributed by atoms with Gasteiger partial charge in [-0.25, -0.2) is 0 Å². The lowest BCUT2D eigenvalue weighted by atomic mass is 9.95. The SMILES string of the molecule is CCCNC1CCCCC1SCC. The summed E-state index contributed by atoms with van der Waals surface area (Å²) in [5.74, 6) is 1.27. The summed E-state index contributed by atoms with van der Waals surface area (Å²) in [5, 5.41) is 4.58. The summed E-state index contributed by atoms with van der Waals surface area (Å²) in [6.07, 6.45) is 6.97. The summed E-state index contributed by atoms with van der Waals surface area (Å²) in [7, 11) is 0. The van der Waals surface area contributed by atoms with Crippen molar-refractivity contribution in [2.45, 2.75) is 57.2 Å². The van der Waals surface area contributed by atoms with E-state index in [-0.39, 0.29) is 0 Å². The highest BCUT2D eigenvalue weighted by molar-refractivity contribution is 7.99. The van der Waals surface area contributed by atoms with E-state index in [4.69, 9.17) is 0 Å². The number of hydrogen-bond donors (Lipinski definition) is 1. The van der Waals surface area contributed by atoms with Crippen LogP contribution < -0.4 is 5.32 Å². The highest BCUT2D eigenvalue weighted by Crippen LogP contribution is 2.28. The van der Waals surface area contributed by atoms with Crippen molar-refractivity contribution < 1.29 is 0 Å². The third kappa shape index (κ3) is 3.90. The second kappa shape index (κ2) is 6.72. The van der Waals surface area contributed by atoms with Crippen LogP contribution in [0.2, 0.25) is 0 Å². The van der Waals surface area contributed by atoms with Crippen LogP contribution in [0.1, 0.15) is 46.0 Å². The zero-order valence-corrected chi connectivity index (χ0v) is 9.83. The zero-order valence-electron chi connectivity index (χ0n) is 9.01. The van der Waals surface area contributed by atoms with Crippen LogP contribution in [-0.2, 0) is 0 Å². The molecule has 1 fully saturated rings. The molecule has 13 heavy (non-hydrogen) atoms. The van der Waals surface area contributed by atoms with Gasteiger partial charge in [0.2, 0.25) is 0 Å². The van der Waals surface area contributed by atoms with Gasteiger partial charge in [-0.15, -0.1) is 0 Å². The van der Waals surface area contributed by atoms with Gasteiger partial charge in [0, 0.05) is 11.3 Å². The molecule has 0 amide bonds. The molecular weight excluding hydrogens is 178 g/mol. The third-order valence-corrected chi connectivity index (χ3v) is 4.07. The Morgan fingerprint density at radius 3 is 2.69 bits per heavy atom. The predicted octanol–water partition coefficient (Wildman–Crippen LogP) is 3.05. The Labute approximate surface area is 87.1 Å². The number of rotatable bonds is 5. The maximum Gasteiger partial charge on any atom is 0.0201 e. The van der Waals surface area contributed by atoms with Crippen molar-refractivity contribution in [3.8, 4) is 0 Å². The monoisotopic (exact) mass is 201 g/mol. The molecule has 78 valence electrons. The van der Waals surface area contributed by atoms with Gasteiger partial charge < -0.3 is 5.32 Å². The number of nitrogens with one attached hydrogen (secondary N) is 1. The van der Waals surface area contributed by atoms with Crippen LogP contribution in [-0.4, -0.2) is 23.6 Å². The highest BCUT2D eigenvalue weighted by Gasteiger charge is 2.23. The van der Waals surface area contributed by atoms with Gasteiger partial charge in [-0.2, -0.15) is 11.8 Å². The lowest BCUT2D eigenvalue weighted by Gasteiger charge is -2.31. The molecule has 0 heterocycles.